The van der Waals surface area contributed by atoms with Crippen molar-refractivity contribution in [1.82, 2.24) is 0 Å². The van der Waals surface area contributed by atoms with Crippen molar-refractivity contribution in [3.8, 4) is 11.5 Å². The summed E-state index contributed by atoms with van der Waals surface area (Å²) in [6, 6.07) is 5.17. The standard InChI is InChI=1S/C21H23NO7/c1-6-28-21(25)19-18(12(2)23)13(3)29-20(19)22-17(24)10-8-14-7-9-15(26-4)16(11-14)27-5/h7-11H,6H2,1-5H3,(H,22,24)/b10-8+. The maximum atomic E-state index is 12.3. The minimum atomic E-state index is -0.742. The second-order valence-corrected chi connectivity index (χ2v) is 5.95. The first-order valence-electron chi connectivity index (χ1n) is 8.84. The molecule has 8 heteroatoms. The molecule has 0 unspecified atom stereocenters. The van der Waals surface area contributed by atoms with Gasteiger partial charge in [0.15, 0.2) is 17.3 Å². The van der Waals surface area contributed by atoms with Crippen molar-refractivity contribution in [1.29, 1.82) is 0 Å². The van der Waals surface area contributed by atoms with Crippen LogP contribution in [-0.4, -0.2) is 38.5 Å². The number of carbonyl (C=O) groups excluding carboxylic acids is 3. The van der Waals surface area contributed by atoms with Gasteiger partial charge in [-0.3, -0.25) is 14.9 Å². The van der Waals surface area contributed by atoms with E-state index in [2.05, 4.69) is 5.32 Å². The summed E-state index contributed by atoms with van der Waals surface area (Å²) < 4.78 is 20.8. The summed E-state index contributed by atoms with van der Waals surface area (Å²) in [7, 11) is 3.05. The van der Waals surface area contributed by atoms with E-state index in [1.807, 2.05) is 0 Å². The van der Waals surface area contributed by atoms with Crippen molar-refractivity contribution in [2.45, 2.75) is 20.8 Å². The average Bonchev–Trinajstić information content (AvgIpc) is 3.02. The van der Waals surface area contributed by atoms with Crippen LogP contribution in [0.25, 0.3) is 6.08 Å². The van der Waals surface area contributed by atoms with E-state index in [1.54, 1.807) is 31.2 Å². The second kappa shape index (κ2) is 9.59. The first kappa shape index (κ1) is 21.7. The zero-order chi connectivity index (χ0) is 21.6. The molecule has 1 heterocycles. The van der Waals surface area contributed by atoms with E-state index in [1.165, 1.54) is 34.1 Å². The van der Waals surface area contributed by atoms with E-state index in [0.717, 1.165) is 0 Å². The van der Waals surface area contributed by atoms with Gasteiger partial charge in [0.2, 0.25) is 5.88 Å². The number of Topliss-reactive ketones (excluding diaryl/α,β-unsaturated/α-hetero) is 1. The predicted octanol–water partition coefficient (Wildman–Crippen LogP) is 3.64. The quantitative estimate of drug-likeness (QED) is 0.409. The number of ether oxygens (including phenoxy) is 3. The number of methoxy groups -OCH3 is 2. The number of amides is 1. The van der Waals surface area contributed by atoms with Gasteiger partial charge in [0.1, 0.15) is 11.3 Å². The molecule has 1 aromatic carbocycles. The van der Waals surface area contributed by atoms with E-state index in [0.29, 0.717) is 17.1 Å². The molecule has 0 saturated carbocycles. The Bertz CT molecular complexity index is 956. The Morgan fingerprint density at radius 3 is 2.38 bits per heavy atom. The van der Waals surface area contributed by atoms with Gasteiger partial charge in [0.25, 0.3) is 5.91 Å². The van der Waals surface area contributed by atoms with Crippen LogP contribution in [0, 0.1) is 6.92 Å². The Labute approximate surface area is 168 Å². The number of nitrogens with one attached hydrogen (secondary N) is 1. The molecule has 8 nitrogen and oxygen atoms in total. The van der Waals surface area contributed by atoms with Gasteiger partial charge in [0, 0.05) is 6.08 Å². The van der Waals surface area contributed by atoms with E-state index < -0.39 is 11.9 Å². The number of benzene rings is 1. The molecule has 0 atom stereocenters. The highest BCUT2D eigenvalue weighted by Gasteiger charge is 2.28. The van der Waals surface area contributed by atoms with Gasteiger partial charge in [-0.2, -0.15) is 0 Å². The van der Waals surface area contributed by atoms with Crippen LogP contribution < -0.4 is 14.8 Å². The van der Waals surface area contributed by atoms with E-state index >= 15 is 0 Å². The molecule has 0 aliphatic rings. The lowest BCUT2D eigenvalue weighted by molar-refractivity contribution is -0.111. The average molecular weight is 401 g/mol. The molecule has 2 rings (SSSR count). The fourth-order valence-corrected chi connectivity index (χ4v) is 2.74. The maximum Gasteiger partial charge on any atom is 0.344 e. The number of ketones is 1. The second-order valence-electron chi connectivity index (χ2n) is 5.95. The summed E-state index contributed by atoms with van der Waals surface area (Å²) in [5, 5.41) is 2.49. The maximum absolute atomic E-state index is 12.3. The third-order valence-electron chi connectivity index (χ3n) is 3.99. The van der Waals surface area contributed by atoms with Gasteiger partial charge in [-0.25, -0.2) is 4.79 Å². The molecule has 1 amide bonds. The summed E-state index contributed by atoms with van der Waals surface area (Å²) in [6.07, 6.45) is 2.82. The molecule has 0 aliphatic carbocycles. The van der Waals surface area contributed by atoms with Crippen LogP contribution in [0.15, 0.2) is 28.7 Å². The molecule has 29 heavy (non-hydrogen) atoms. The predicted molar refractivity (Wildman–Crippen MR) is 107 cm³/mol. The number of esters is 1. The van der Waals surface area contributed by atoms with Crippen molar-refractivity contribution in [3.63, 3.8) is 0 Å². The summed E-state index contributed by atoms with van der Waals surface area (Å²) in [4.78, 5) is 36.5. The summed E-state index contributed by atoms with van der Waals surface area (Å²) in [5.41, 5.74) is 0.691. The molecule has 1 N–H and O–H groups in total. The molecule has 2 aromatic rings. The summed E-state index contributed by atoms with van der Waals surface area (Å²) >= 11 is 0. The Kier molecular flexibility index (Phi) is 7.19. The molecule has 0 aliphatic heterocycles. The van der Waals surface area contributed by atoms with Crippen molar-refractivity contribution in [2.75, 3.05) is 26.1 Å². The summed E-state index contributed by atoms with van der Waals surface area (Å²) in [5.74, 6) is -0.477. The highest BCUT2D eigenvalue weighted by atomic mass is 16.5. The van der Waals surface area contributed by atoms with Gasteiger partial charge in [-0.05, 0) is 44.5 Å². The SMILES string of the molecule is CCOC(=O)c1c(NC(=O)/C=C/c2ccc(OC)c(OC)c2)oc(C)c1C(C)=O. The molecular formula is C21H23NO7. The fraction of sp³-hybridized carbons (Fsp3) is 0.286. The summed E-state index contributed by atoms with van der Waals surface area (Å²) in [6.45, 7) is 4.60. The highest BCUT2D eigenvalue weighted by molar-refractivity contribution is 6.12. The van der Waals surface area contributed by atoms with E-state index in [-0.39, 0.29) is 35.2 Å². The number of anilines is 1. The lowest BCUT2D eigenvalue weighted by Crippen LogP contribution is -2.14. The Morgan fingerprint density at radius 2 is 1.79 bits per heavy atom. The Balaban J connectivity index is 2.27. The number of furan rings is 1. The number of carbonyl (C=O) groups is 3. The fourth-order valence-electron chi connectivity index (χ4n) is 2.74. The van der Waals surface area contributed by atoms with Crippen molar-refractivity contribution < 1.29 is 33.0 Å². The van der Waals surface area contributed by atoms with Crippen LogP contribution in [0.2, 0.25) is 0 Å². The molecule has 154 valence electrons. The first-order chi connectivity index (χ1) is 13.8. The third kappa shape index (κ3) is 5.04. The minimum absolute atomic E-state index is 0.0858. The van der Waals surface area contributed by atoms with Crippen LogP contribution in [0.1, 0.15) is 45.9 Å². The Hall–Kier alpha value is -3.55. The van der Waals surface area contributed by atoms with Crippen molar-refractivity contribution >= 4 is 29.6 Å². The molecule has 0 bridgehead atoms. The van der Waals surface area contributed by atoms with Gasteiger partial charge < -0.3 is 18.6 Å². The van der Waals surface area contributed by atoms with Gasteiger partial charge in [0.05, 0.1) is 26.4 Å². The molecule has 0 spiro atoms. The van der Waals surface area contributed by atoms with Crippen LogP contribution in [0.5, 0.6) is 11.5 Å². The number of aryl methyl sites for hydroxylation is 1. The molecule has 1 aromatic heterocycles. The monoisotopic (exact) mass is 401 g/mol. The smallest absolute Gasteiger partial charge is 0.344 e. The van der Waals surface area contributed by atoms with Crippen molar-refractivity contribution in [3.05, 3.63) is 46.7 Å². The van der Waals surface area contributed by atoms with Crippen molar-refractivity contribution in [2.24, 2.45) is 0 Å². The van der Waals surface area contributed by atoms with Gasteiger partial charge in [-0.1, -0.05) is 6.07 Å². The van der Waals surface area contributed by atoms with Gasteiger partial charge >= 0.3 is 5.97 Å². The topological polar surface area (TPSA) is 104 Å². The normalized spacial score (nSPS) is 10.7. The van der Waals surface area contributed by atoms with Crippen LogP contribution in [0.4, 0.5) is 5.88 Å². The number of hydrogen-bond acceptors (Lipinski definition) is 7. The highest BCUT2D eigenvalue weighted by Crippen LogP contribution is 2.29. The lowest BCUT2D eigenvalue weighted by Gasteiger charge is -2.07. The lowest BCUT2D eigenvalue weighted by atomic mass is 10.1. The first-order valence-corrected chi connectivity index (χ1v) is 8.84. The minimum Gasteiger partial charge on any atom is -0.493 e. The zero-order valence-electron chi connectivity index (χ0n) is 17.0. The molecule has 0 fully saturated rings. The molecule has 0 radical (unpaired) electrons. The van der Waals surface area contributed by atoms with E-state index in [4.69, 9.17) is 18.6 Å². The van der Waals surface area contributed by atoms with Gasteiger partial charge in [-0.15, -0.1) is 0 Å². The largest absolute Gasteiger partial charge is 0.493 e. The van der Waals surface area contributed by atoms with Crippen LogP contribution >= 0.6 is 0 Å². The number of hydrogen-bond donors (Lipinski definition) is 1. The van der Waals surface area contributed by atoms with Crippen LogP contribution in [-0.2, 0) is 9.53 Å². The Morgan fingerprint density at radius 1 is 1.10 bits per heavy atom. The van der Waals surface area contributed by atoms with Crippen LogP contribution in [0.3, 0.4) is 0 Å². The zero-order valence-corrected chi connectivity index (χ0v) is 17.0. The molecule has 0 saturated heterocycles. The molecular weight excluding hydrogens is 378 g/mol. The third-order valence-corrected chi connectivity index (χ3v) is 3.99. The van der Waals surface area contributed by atoms with E-state index in [9.17, 15) is 14.4 Å². The number of rotatable bonds is 8.